The maximum Gasteiger partial charge on any atom is 0.234 e. The summed E-state index contributed by atoms with van der Waals surface area (Å²) in [7, 11) is 1.62. The van der Waals surface area contributed by atoms with E-state index in [2.05, 4.69) is 24.5 Å². The monoisotopic (exact) mass is 202 g/mol. The van der Waals surface area contributed by atoms with Crippen molar-refractivity contribution in [1.29, 1.82) is 0 Å². The minimum atomic E-state index is 0.0233. The molecule has 0 spiro atoms. The van der Waals surface area contributed by atoms with Gasteiger partial charge in [0.25, 0.3) is 0 Å². The smallest absolute Gasteiger partial charge is 0.234 e. The van der Waals surface area contributed by atoms with Crippen molar-refractivity contribution >= 4 is 5.91 Å². The molecule has 14 heavy (non-hydrogen) atoms. The third kappa shape index (κ3) is 8.01. The second kappa shape index (κ2) is 7.76. The molecule has 1 amide bonds. The van der Waals surface area contributed by atoms with Crippen LogP contribution in [0.5, 0.6) is 0 Å². The summed E-state index contributed by atoms with van der Waals surface area (Å²) in [6.45, 7) is 7.94. The zero-order chi connectivity index (χ0) is 11.0. The van der Waals surface area contributed by atoms with Gasteiger partial charge in [0.05, 0.1) is 13.2 Å². The highest BCUT2D eigenvalue weighted by Gasteiger charge is 2.06. The van der Waals surface area contributed by atoms with Crippen molar-refractivity contribution in [3.8, 4) is 0 Å². The molecule has 0 heterocycles. The molecule has 0 radical (unpaired) electrons. The highest BCUT2D eigenvalue weighted by Crippen LogP contribution is 1.86. The lowest BCUT2D eigenvalue weighted by Gasteiger charge is -2.13. The Kier molecular flexibility index (Phi) is 7.42. The van der Waals surface area contributed by atoms with E-state index in [1.807, 2.05) is 6.92 Å². The molecular weight excluding hydrogens is 180 g/mol. The first-order chi connectivity index (χ1) is 6.56. The molecular formula is C10H22N2O2. The Labute approximate surface area is 86.4 Å². The van der Waals surface area contributed by atoms with Crippen LogP contribution >= 0.6 is 0 Å². The van der Waals surface area contributed by atoms with Crippen LogP contribution in [0.25, 0.3) is 0 Å². The Morgan fingerprint density at radius 2 is 2.00 bits per heavy atom. The van der Waals surface area contributed by atoms with E-state index in [1.165, 1.54) is 0 Å². The zero-order valence-electron chi connectivity index (χ0n) is 9.59. The van der Waals surface area contributed by atoms with E-state index in [0.717, 1.165) is 6.54 Å². The summed E-state index contributed by atoms with van der Waals surface area (Å²) in [6, 6.07) is 0.0772. The molecule has 0 aliphatic rings. The fraction of sp³-hybridized carbons (Fsp3) is 0.900. The number of carbonyl (C=O) groups is 1. The van der Waals surface area contributed by atoms with Crippen molar-refractivity contribution in [3.63, 3.8) is 0 Å². The standard InChI is InChI=1S/C10H22N2O2/c1-8(2)5-11-6-10(13)12-9(3)7-14-4/h8-9,11H,5-7H2,1-4H3,(H,12,13). The molecule has 84 valence electrons. The lowest BCUT2D eigenvalue weighted by Crippen LogP contribution is -2.41. The third-order valence-corrected chi connectivity index (χ3v) is 1.66. The van der Waals surface area contributed by atoms with Gasteiger partial charge in [0, 0.05) is 13.2 Å². The molecule has 1 atom stereocenters. The van der Waals surface area contributed by atoms with Gasteiger partial charge in [-0.2, -0.15) is 0 Å². The predicted octanol–water partition coefficient (Wildman–Crippen LogP) is 0.383. The zero-order valence-corrected chi connectivity index (χ0v) is 9.59. The molecule has 4 heteroatoms. The van der Waals surface area contributed by atoms with Crippen molar-refractivity contribution in [2.75, 3.05) is 26.8 Å². The fourth-order valence-electron chi connectivity index (χ4n) is 1.09. The largest absolute Gasteiger partial charge is 0.383 e. The lowest BCUT2D eigenvalue weighted by molar-refractivity contribution is -0.121. The first-order valence-electron chi connectivity index (χ1n) is 5.05. The molecule has 0 aromatic carbocycles. The minimum Gasteiger partial charge on any atom is -0.383 e. The molecule has 2 N–H and O–H groups in total. The maximum absolute atomic E-state index is 11.3. The van der Waals surface area contributed by atoms with E-state index < -0.39 is 0 Å². The summed E-state index contributed by atoms with van der Waals surface area (Å²) < 4.78 is 4.91. The van der Waals surface area contributed by atoms with Gasteiger partial charge in [-0.3, -0.25) is 4.79 Å². The van der Waals surface area contributed by atoms with E-state index in [1.54, 1.807) is 7.11 Å². The Balaban J connectivity index is 3.45. The van der Waals surface area contributed by atoms with Crippen molar-refractivity contribution in [2.45, 2.75) is 26.8 Å². The molecule has 0 aromatic rings. The molecule has 0 saturated heterocycles. The van der Waals surface area contributed by atoms with Crippen molar-refractivity contribution in [1.82, 2.24) is 10.6 Å². The van der Waals surface area contributed by atoms with Gasteiger partial charge in [0.15, 0.2) is 0 Å². The first kappa shape index (κ1) is 13.4. The summed E-state index contributed by atoms with van der Waals surface area (Å²) in [5.41, 5.74) is 0. The average Bonchev–Trinajstić information content (AvgIpc) is 2.03. The Morgan fingerprint density at radius 1 is 1.36 bits per heavy atom. The summed E-state index contributed by atoms with van der Waals surface area (Å²) in [5.74, 6) is 0.592. The average molecular weight is 202 g/mol. The van der Waals surface area contributed by atoms with E-state index in [0.29, 0.717) is 19.1 Å². The van der Waals surface area contributed by atoms with E-state index >= 15 is 0 Å². The second-order valence-corrected chi connectivity index (χ2v) is 3.95. The summed E-state index contributed by atoms with van der Waals surface area (Å²) in [5, 5.41) is 5.91. The number of rotatable bonds is 7. The minimum absolute atomic E-state index is 0.0233. The van der Waals surface area contributed by atoms with Crippen LogP contribution in [0.1, 0.15) is 20.8 Å². The van der Waals surface area contributed by atoms with E-state index in [-0.39, 0.29) is 11.9 Å². The highest BCUT2D eigenvalue weighted by atomic mass is 16.5. The normalized spacial score (nSPS) is 12.9. The molecule has 0 bridgehead atoms. The van der Waals surface area contributed by atoms with Crippen molar-refractivity contribution < 1.29 is 9.53 Å². The van der Waals surface area contributed by atoms with Gasteiger partial charge < -0.3 is 15.4 Å². The van der Waals surface area contributed by atoms with Crippen molar-refractivity contribution in [2.24, 2.45) is 5.92 Å². The number of hydrogen-bond donors (Lipinski definition) is 2. The van der Waals surface area contributed by atoms with Gasteiger partial charge in [-0.25, -0.2) is 0 Å². The van der Waals surface area contributed by atoms with Gasteiger partial charge in [-0.15, -0.1) is 0 Å². The molecule has 1 unspecified atom stereocenters. The van der Waals surface area contributed by atoms with E-state index in [9.17, 15) is 4.79 Å². The number of ether oxygens (including phenoxy) is 1. The van der Waals surface area contributed by atoms with Gasteiger partial charge in [0.2, 0.25) is 5.91 Å². The molecule has 0 fully saturated rings. The molecule has 0 aliphatic carbocycles. The van der Waals surface area contributed by atoms with Gasteiger partial charge in [-0.1, -0.05) is 13.8 Å². The summed E-state index contributed by atoms with van der Waals surface area (Å²) in [6.07, 6.45) is 0. The maximum atomic E-state index is 11.3. The highest BCUT2D eigenvalue weighted by molar-refractivity contribution is 5.78. The van der Waals surface area contributed by atoms with Crippen LogP contribution in [0, 0.1) is 5.92 Å². The fourth-order valence-corrected chi connectivity index (χ4v) is 1.09. The summed E-state index contributed by atoms with van der Waals surface area (Å²) in [4.78, 5) is 11.3. The molecule has 0 aromatic heterocycles. The van der Waals surface area contributed by atoms with Crippen LogP contribution in [0.4, 0.5) is 0 Å². The SMILES string of the molecule is COCC(C)NC(=O)CNCC(C)C. The topological polar surface area (TPSA) is 50.4 Å². The molecule has 0 rings (SSSR count). The van der Waals surface area contributed by atoms with Gasteiger partial charge in [-0.05, 0) is 19.4 Å². The van der Waals surface area contributed by atoms with Crippen LogP contribution in [-0.4, -0.2) is 38.8 Å². The van der Waals surface area contributed by atoms with Gasteiger partial charge in [0.1, 0.15) is 0 Å². The van der Waals surface area contributed by atoms with Crippen LogP contribution in [0.3, 0.4) is 0 Å². The summed E-state index contributed by atoms with van der Waals surface area (Å²) >= 11 is 0. The van der Waals surface area contributed by atoms with Crippen LogP contribution in [0.2, 0.25) is 0 Å². The number of carbonyl (C=O) groups excluding carboxylic acids is 1. The second-order valence-electron chi connectivity index (χ2n) is 3.95. The number of amides is 1. The number of nitrogens with one attached hydrogen (secondary N) is 2. The van der Waals surface area contributed by atoms with Crippen LogP contribution in [0.15, 0.2) is 0 Å². The molecule has 4 nitrogen and oxygen atoms in total. The first-order valence-corrected chi connectivity index (χ1v) is 5.05. The molecule has 0 aliphatic heterocycles. The Hall–Kier alpha value is -0.610. The number of methoxy groups -OCH3 is 1. The van der Waals surface area contributed by atoms with Crippen LogP contribution in [-0.2, 0) is 9.53 Å². The lowest BCUT2D eigenvalue weighted by atomic mass is 10.2. The van der Waals surface area contributed by atoms with Crippen molar-refractivity contribution in [3.05, 3.63) is 0 Å². The quantitative estimate of drug-likeness (QED) is 0.627. The van der Waals surface area contributed by atoms with E-state index in [4.69, 9.17) is 4.74 Å². The van der Waals surface area contributed by atoms with Crippen LogP contribution < -0.4 is 10.6 Å². The van der Waals surface area contributed by atoms with Gasteiger partial charge >= 0.3 is 0 Å². The number of hydrogen-bond acceptors (Lipinski definition) is 3. The Morgan fingerprint density at radius 3 is 2.50 bits per heavy atom. The third-order valence-electron chi connectivity index (χ3n) is 1.66. The molecule has 0 saturated carbocycles. The predicted molar refractivity (Wildman–Crippen MR) is 57.2 cm³/mol. The Bertz CT molecular complexity index is 160.